The van der Waals surface area contributed by atoms with Crippen LogP contribution >= 0.6 is 11.3 Å². The van der Waals surface area contributed by atoms with Gasteiger partial charge >= 0.3 is 5.97 Å². The normalized spacial score (nSPS) is 13.9. The summed E-state index contributed by atoms with van der Waals surface area (Å²) < 4.78 is 4.69. The van der Waals surface area contributed by atoms with Gasteiger partial charge in [-0.15, -0.1) is 11.3 Å². The predicted octanol–water partition coefficient (Wildman–Crippen LogP) is 2.02. The molecule has 1 N–H and O–H groups in total. The molecule has 0 unspecified atom stereocenters. The minimum Gasteiger partial charge on any atom is -0.465 e. The molecule has 0 atom stereocenters. The molecule has 0 saturated carbocycles. The van der Waals surface area contributed by atoms with Gasteiger partial charge in [0.2, 0.25) is 0 Å². The van der Waals surface area contributed by atoms with Crippen molar-refractivity contribution in [1.82, 2.24) is 5.06 Å². The van der Waals surface area contributed by atoms with Gasteiger partial charge in [-0.2, -0.15) is 0 Å². The Balaban J connectivity index is 2.47. The van der Waals surface area contributed by atoms with Crippen molar-refractivity contribution in [2.75, 3.05) is 7.11 Å². The summed E-state index contributed by atoms with van der Waals surface area (Å²) in [6.07, 6.45) is 3.39. The third-order valence-corrected chi connectivity index (χ3v) is 3.63. The molecule has 2 rings (SSSR count). The Hall–Kier alpha value is -1.33. The Bertz CT molecular complexity index is 436. The van der Waals surface area contributed by atoms with Gasteiger partial charge in [0.15, 0.2) is 0 Å². The number of esters is 1. The Labute approximate surface area is 91.3 Å². The Morgan fingerprint density at radius 2 is 2.40 bits per heavy atom. The first kappa shape index (κ1) is 10.2. The van der Waals surface area contributed by atoms with Crippen LogP contribution in [0.1, 0.15) is 25.7 Å². The fourth-order valence-corrected chi connectivity index (χ4v) is 2.77. The highest BCUT2D eigenvalue weighted by atomic mass is 32.1. The predicted molar refractivity (Wildman–Crippen MR) is 56.8 cm³/mol. The van der Waals surface area contributed by atoms with Crippen molar-refractivity contribution in [2.24, 2.45) is 0 Å². The molecule has 5 heteroatoms. The van der Waals surface area contributed by atoms with Crippen LogP contribution < -0.4 is 0 Å². The van der Waals surface area contributed by atoms with Gasteiger partial charge in [-0.25, -0.2) is 4.79 Å². The van der Waals surface area contributed by atoms with Crippen molar-refractivity contribution in [3.8, 4) is 0 Å². The molecule has 0 radical (unpaired) electrons. The Morgan fingerprint density at radius 3 is 3.07 bits per heavy atom. The van der Waals surface area contributed by atoms with E-state index in [1.807, 2.05) is 6.92 Å². The number of hydrogen-bond donors (Lipinski definition) is 1. The van der Waals surface area contributed by atoms with Crippen LogP contribution in [0.3, 0.4) is 0 Å². The van der Waals surface area contributed by atoms with E-state index in [1.165, 1.54) is 18.4 Å². The molecule has 0 spiro atoms. The van der Waals surface area contributed by atoms with Crippen LogP contribution in [0.4, 0.5) is 0 Å². The van der Waals surface area contributed by atoms with E-state index >= 15 is 0 Å². The molecule has 0 amide bonds. The molecule has 80 valence electrons. The summed E-state index contributed by atoms with van der Waals surface area (Å²) in [6.45, 7) is 2.31. The molecule has 1 aliphatic heterocycles. The molecule has 0 bridgehead atoms. The number of hydrogen-bond acceptors (Lipinski definition) is 5. The van der Waals surface area contributed by atoms with Gasteiger partial charge in [0.25, 0.3) is 0 Å². The van der Waals surface area contributed by atoms with Crippen molar-refractivity contribution in [3.05, 3.63) is 27.1 Å². The summed E-state index contributed by atoms with van der Waals surface area (Å²) in [6, 6.07) is 0. The largest absolute Gasteiger partial charge is 0.465 e. The highest BCUT2D eigenvalue weighted by molar-refractivity contribution is 7.14. The lowest BCUT2D eigenvalue weighted by atomic mass is 10.1. The van der Waals surface area contributed by atoms with Crippen LogP contribution in [0.15, 0.2) is 6.20 Å². The molecule has 0 aliphatic carbocycles. The van der Waals surface area contributed by atoms with Crippen molar-refractivity contribution >= 4 is 23.4 Å². The van der Waals surface area contributed by atoms with Crippen LogP contribution in [-0.4, -0.2) is 23.3 Å². The number of thiophene rings is 1. The zero-order chi connectivity index (χ0) is 11.0. The Morgan fingerprint density at radius 1 is 1.67 bits per heavy atom. The maximum absolute atomic E-state index is 11.4. The molecule has 4 nitrogen and oxygen atoms in total. The van der Waals surface area contributed by atoms with Gasteiger partial charge in [0.1, 0.15) is 4.88 Å². The van der Waals surface area contributed by atoms with Gasteiger partial charge < -0.3 is 4.74 Å². The standard InChI is InChI=1S/C10H11NO3S/c1-6-7-3-4-11(13)5-8(7)15-9(6)10(12)14-2/h3-4,13H,5H2,1-2H3. The minimum absolute atomic E-state index is 0.315. The molecule has 1 aromatic rings. The fourth-order valence-electron chi connectivity index (χ4n) is 1.57. The molecule has 0 fully saturated rings. The lowest BCUT2D eigenvalue weighted by Gasteiger charge is -2.15. The quantitative estimate of drug-likeness (QED) is 0.743. The van der Waals surface area contributed by atoms with Crippen LogP contribution in [0, 0.1) is 6.92 Å². The number of methoxy groups -OCH3 is 1. The SMILES string of the molecule is COC(=O)c1sc2c(c1C)C=CN(O)C2. The lowest BCUT2D eigenvalue weighted by molar-refractivity contribution is -0.0485. The molecular formula is C10H11NO3S. The number of carbonyl (C=O) groups is 1. The van der Waals surface area contributed by atoms with Gasteiger partial charge in [-0.05, 0) is 24.1 Å². The molecule has 0 aromatic carbocycles. The second-order valence-corrected chi connectivity index (χ2v) is 4.40. The first-order chi connectivity index (χ1) is 7.13. The lowest BCUT2D eigenvalue weighted by Crippen LogP contribution is -2.13. The fraction of sp³-hybridized carbons (Fsp3) is 0.300. The number of nitrogens with zero attached hydrogens (tertiary/aromatic N) is 1. The number of ether oxygens (including phenoxy) is 1. The van der Waals surface area contributed by atoms with Gasteiger partial charge in [-0.3, -0.25) is 10.3 Å². The molecule has 1 aliphatic rings. The summed E-state index contributed by atoms with van der Waals surface area (Å²) in [5.74, 6) is -0.315. The smallest absolute Gasteiger partial charge is 0.348 e. The number of rotatable bonds is 1. The van der Waals surface area contributed by atoms with Crippen molar-refractivity contribution < 1.29 is 14.7 Å². The van der Waals surface area contributed by atoms with E-state index in [4.69, 9.17) is 4.74 Å². The van der Waals surface area contributed by atoms with Crippen LogP contribution in [0.2, 0.25) is 0 Å². The second kappa shape index (κ2) is 3.67. The average Bonchev–Trinajstić information content (AvgIpc) is 2.54. The summed E-state index contributed by atoms with van der Waals surface area (Å²) in [7, 11) is 1.37. The van der Waals surface area contributed by atoms with Crippen molar-refractivity contribution in [1.29, 1.82) is 0 Å². The van der Waals surface area contributed by atoms with Gasteiger partial charge in [-0.1, -0.05) is 0 Å². The minimum atomic E-state index is -0.315. The number of hydroxylamine groups is 2. The molecule has 1 aromatic heterocycles. The molecule has 0 saturated heterocycles. The van der Waals surface area contributed by atoms with Crippen LogP contribution in [-0.2, 0) is 11.3 Å². The van der Waals surface area contributed by atoms with E-state index in [0.717, 1.165) is 21.1 Å². The highest BCUT2D eigenvalue weighted by Crippen LogP contribution is 2.32. The van der Waals surface area contributed by atoms with Crippen molar-refractivity contribution in [3.63, 3.8) is 0 Å². The van der Waals surface area contributed by atoms with Crippen LogP contribution in [0.25, 0.3) is 6.08 Å². The molecule has 15 heavy (non-hydrogen) atoms. The zero-order valence-corrected chi connectivity index (χ0v) is 9.30. The summed E-state index contributed by atoms with van der Waals surface area (Å²) >= 11 is 1.37. The maximum atomic E-state index is 11.4. The van der Waals surface area contributed by atoms with E-state index in [0.29, 0.717) is 11.4 Å². The average molecular weight is 225 g/mol. The third kappa shape index (κ3) is 1.64. The topological polar surface area (TPSA) is 49.8 Å². The van der Waals surface area contributed by atoms with E-state index < -0.39 is 0 Å². The molecular weight excluding hydrogens is 214 g/mol. The number of carbonyl (C=O) groups excluding carboxylic acids is 1. The van der Waals surface area contributed by atoms with Crippen LogP contribution in [0.5, 0.6) is 0 Å². The van der Waals surface area contributed by atoms with E-state index in [9.17, 15) is 10.0 Å². The highest BCUT2D eigenvalue weighted by Gasteiger charge is 2.21. The Kier molecular flexibility index (Phi) is 2.50. The van der Waals surface area contributed by atoms with Gasteiger partial charge in [0, 0.05) is 11.1 Å². The summed E-state index contributed by atoms with van der Waals surface area (Å²) in [5, 5.41) is 10.4. The van der Waals surface area contributed by atoms with Crippen molar-refractivity contribution in [2.45, 2.75) is 13.5 Å². The molecule has 2 heterocycles. The second-order valence-electron chi connectivity index (χ2n) is 3.30. The third-order valence-electron chi connectivity index (χ3n) is 2.36. The van der Waals surface area contributed by atoms with E-state index in [-0.39, 0.29) is 5.97 Å². The first-order valence-corrected chi connectivity index (χ1v) is 5.29. The summed E-state index contributed by atoms with van der Waals surface area (Å²) in [5.41, 5.74) is 1.94. The summed E-state index contributed by atoms with van der Waals surface area (Å²) in [4.78, 5) is 13.0. The number of fused-ring (bicyclic) bond motifs is 1. The maximum Gasteiger partial charge on any atom is 0.348 e. The first-order valence-electron chi connectivity index (χ1n) is 4.47. The van der Waals surface area contributed by atoms with E-state index in [2.05, 4.69) is 0 Å². The zero-order valence-electron chi connectivity index (χ0n) is 8.48. The van der Waals surface area contributed by atoms with E-state index in [1.54, 1.807) is 12.3 Å². The van der Waals surface area contributed by atoms with Gasteiger partial charge in [0.05, 0.1) is 13.7 Å². The monoisotopic (exact) mass is 225 g/mol.